The van der Waals surface area contributed by atoms with Crippen LogP contribution in [-0.4, -0.2) is 35.4 Å². The molecule has 0 aliphatic carbocycles. The third kappa shape index (κ3) is 8.49. The minimum absolute atomic E-state index is 0.0351. The molecule has 0 radical (unpaired) electrons. The van der Waals surface area contributed by atoms with Crippen molar-refractivity contribution in [1.82, 2.24) is 10.2 Å². The highest BCUT2D eigenvalue weighted by atomic mass is 16.5. The molecule has 0 saturated heterocycles. The summed E-state index contributed by atoms with van der Waals surface area (Å²) in [4.78, 5) is 28.8. The molecular formula is C32H40N2O3. The molecule has 3 aromatic rings. The molecule has 5 nitrogen and oxygen atoms in total. The standard InChI is InChI=1S/C32H40N2O3/c1-23(2)33-31(36)29(20-25-12-8-7-9-13-25)34(21-26-14-10-11-24(3)19-26)30(35)22-37-28-17-15-27(16-18-28)32(4,5)6/h7-19,23,29H,20-22H2,1-6H3,(H,33,36). The van der Waals surface area contributed by atoms with Gasteiger partial charge in [0.25, 0.3) is 5.91 Å². The molecular weight excluding hydrogens is 460 g/mol. The molecule has 0 spiro atoms. The quantitative estimate of drug-likeness (QED) is 0.381. The van der Waals surface area contributed by atoms with E-state index in [1.165, 1.54) is 5.56 Å². The van der Waals surface area contributed by atoms with Crippen molar-refractivity contribution in [2.45, 2.75) is 72.0 Å². The van der Waals surface area contributed by atoms with Gasteiger partial charge in [0.15, 0.2) is 6.61 Å². The molecule has 0 aliphatic heterocycles. The molecule has 0 fully saturated rings. The highest BCUT2D eigenvalue weighted by Crippen LogP contribution is 2.24. The van der Waals surface area contributed by atoms with Gasteiger partial charge in [0, 0.05) is 19.0 Å². The maximum absolute atomic E-state index is 13.7. The number of benzene rings is 3. The number of carbonyl (C=O) groups is 2. The van der Waals surface area contributed by atoms with Crippen molar-refractivity contribution in [2.75, 3.05) is 6.61 Å². The topological polar surface area (TPSA) is 58.6 Å². The molecule has 1 N–H and O–H groups in total. The molecule has 37 heavy (non-hydrogen) atoms. The minimum atomic E-state index is -0.676. The smallest absolute Gasteiger partial charge is 0.261 e. The van der Waals surface area contributed by atoms with E-state index in [4.69, 9.17) is 4.74 Å². The molecule has 0 saturated carbocycles. The van der Waals surface area contributed by atoms with Gasteiger partial charge in [-0.3, -0.25) is 9.59 Å². The summed E-state index contributed by atoms with van der Waals surface area (Å²) in [5.41, 5.74) is 4.30. The average molecular weight is 501 g/mol. The molecule has 5 heteroatoms. The van der Waals surface area contributed by atoms with Gasteiger partial charge >= 0.3 is 0 Å². The van der Waals surface area contributed by atoms with E-state index in [0.717, 1.165) is 16.7 Å². The van der Waals surface area contributed by atoms with Crippen LogP contribution >= 0.6 is 0 Å². The first-order valence-electron chi connectivity index (χ1n) is 13.0. The summed E-state index contributed by atoms with van der Waals surface area (Å²) in [5.74, 6) is 0.221. The highest BCUT2D eigenvalue weighted by Gasteiger charge is 2.31. The summed E-state index contributed by atoms with van der Waals surface area (Å²) in [6.07, 6.45) is 0.414. The Balaban J connectivity index is 1.88. The zero-order valence-corrected chi connectivity index (χ0v) is 23.0. The molecule has 0 bridgehead atoms. The van der Waals surface area contributed by atoms with E-state index >= 15 is 0 Å². The van der Waals surface area contributed by atoms with Gasteiger partial charge in [-0.2, -0.15) is 0 Å². The Kier molecular flexibility index (Phi) is 9.51. The first-order valence-corrected chi connectivity index (χ1v) is 13.0. The summed E-state index contributed by atoms with van der Waals surface area (Å²) >= 11 is 0. The van der Waals surface area contributed by atoms with Crippen LogP contribution in [-0.2, 0) is 28.0 Å². The lowest BCUT2D eigenvalue weighted by atomic mass is 9.87. The van der Waals surface area contributed by atoms with Crippen LogP contribution in [0.15, 0.2) is 78.9 Å². The van der Waals surface area contributed by atoms with Gasteiger partial charge in [0.1, 0.15) is 11.8 Å². The van der Waals surface area contributed by atoms with Gasteiger partial charge < -0.3 is 15.0 Å². The van der Waals surface area contributed by atoms with Gasteiger partial charge in [-0.15, -0.1) is 0 Å². The van der Waals surface area contributed by atoms with Gasteiger partial charge in [-0.25, -0.2) is 0 Å². The number of ether oxygens (including phenoxy) is 1. The Labute approximate surface area is 221 Å². The Morgan fingerprint density at radius 2 is 1.54 bits per heavy atom. The fourth-order valence-corrected chi connectivity index (χ4v) is 4.22. The van der Waals surface area contributed by atoms with Crippen molar-refractivity contribution < 1.29 is 14.3 Å². The molecule has 196 valence electrons. The van der Waals surface area contributed by atoms with Crippen molar-refractivity contribution >= 4 is 11.8 Å². The van der Waals surface area contributed by atoms with Crippen molar-refractivity contribution in [2.24, 2.45) is 0 Å². The van der Waals surface area contributed by atoms with E-state index in [-0.39, 0.29) is 29.9 Å². The molecule has 0 aliphatic rings. The number of hydrogen-bond donors (Lipinski definition) is 1. The van der Waals surface area contributed by atoms with Crippen LogP contribution in [0.1, 0.15) is 56.9 Å². The predicted molar refractivity (Wildman–Crippen MR) is 150 cm³/mol. The maximum atomic E-state index is 13.7. The van der Waals surface area contributed by atoms with Crippen molar-refractivity contribution in [3.05, 3.63) is 101 Å². The lowest BCUT2D eigenvalue weighted by Crippen LogP contribution is -2.52. The first kappa shape index (κ1) is 28.0. The Bertz CT molecular complexity index is 1160. The van der Waals surface area contributed by atoms with E-state index < -0.39 is 6.04 Å². The molecule has 1 atom stereocenters. The second-order valence-electron chi connectivity index (χ2n) is 10.9. The number of rotatable bonds is 10. The number of nitrogens with zero attached hydrogens (tertiary/aromatic N) is 1. The Hall–Kier alpha value is -3.60. The highest BCUT2D eigenvalue weighted by molar-refractivity contribution is 5.88. The fourth-order valence-electron chi connectivity index (χ4n) is 4.22. The third-order valence-electron chi connectivity index (χ3n) is 6.22. The molecule has 0 aromatic heterocycles. The van der Waals surface area contributed by atoms with Crippen LogP contribution in [0.2, 0.25) is 0 Å². The van der Waals surface area contributed by atoms with Crippen molar-refractivity contribution in [3.8, 4) is 5.75 Å². The SMILES string of the molecule is Cc1cccc(CN(C(=O)COc2ccc(C(C)(C)C)cc2)C(Cc2ccccc2)C(=O)NC(C)C)c1. The van der Waals surface area contributed by atoms with Crippen LogP contribution in [0.25, 0.3) is 0 Å². The molecule has 2 amide bonds. The lowest BCUT2D eigenvalue weighted by molar-refractivity contribution is -0.143. The maximum Gasteiger partial charge on any atom is 0.261 e. The Morgan fingerprint density at radius 3 is 2.14 bits per heavy atom. The molecule has 3 aromatic carbocycles. The summed E-state index contributed by atoms with van der Waals surface area (Å²) < 4.78 is 5.92. The predicted octanol–water partition coefficient (Wildman–Crippen LogP) is 5.84. The summed E-state index contributed by atoms with van der Waals surface area (Å²) in [6, 6.07) is 25.0. The normalized spacial score (nSPS) is 12.2. The second-order valence-corrected chi connectivity index (χ2v) is 10.9. The van der Waals surface area contributed by atoms with E-state index in [1.54, 1.807) is 4.90 Å². The van der Waals surface area contributed by atoms with Crippen LogP contribution in [0.5, 0.6) is 5.75 Å². The molecule has 3 rings (SSSR count). The van der Waals surface area contributed by atoms with E-state index in [0.29, 0.717) is 18.7 Å². The fraction of sp³-hybridized carbons (Fsp3) is 0.375. The summed E-state index contributed by atoms with van der Waals surface area (Å²) in [6.45, 7) is 12.5. The number of nitrogens with one attached hydrogen (secondary N) is 1. The second kappa shape index (κ2) is 12.6. The van der Waals surface area contributed by atoms with Gasteiger partial charge in [-0.05, 0) is 55.0 Å². The zero-order chi connectivity index (χ0) is 27.0. The Morgan fingerprint density at radius 1 is 0.892 bits per heavy atom. The number of amides is 2. The molecule has 0 heterocycles. The summed E-state index contributed by atoms with van der Waals surface area (Å²) in [7, 11) is 0. The number of hydrogen-bond acceptors (Lipinski definition) is 3. The van der Waals surface area contributed by atoms with E-state index in [2.05, 4.69) is 26.1 Å². The van der Waals surface area contributed by atoms with Crippen LogP contribution in [0.3, 0.4) is 0 Å². The van der Waals surface area contributed by atoms with Gasteiger partial charge in [-0.1, -0.05) is 93.1 Å². The van der Waals surface area contributed by atoms with Crippen LogP contribution < -0.4 is 10.1 Å². The average Bonchev–Trinajstić information content (AvgIpc) is 2.84. The van der Waals surface area contributed by atoms with Crippen molar-refractivity contribution in [3.63, 3.8) is 0 Å². The molecule has 1 unspecified atom stereocenters. The largest absolute Gasteiger partial charge is 0.484 e. The van der Waals surface area contributed by atoms with Gasteiger partial charge in [0.2, 0.25) is 5.91 Å². The van der Waals surface area contributed by atoms with Crippen LogP contribution in [0.4, 0.5) is 0 Å². The van der Waals surface area contributed by atoms with Crippen LogP contribution in [0, 0.1) is 6.92 Å². The summed E-state index contributed by atoms with van der Waals surface area (Å²) in [5, 5.41) is 3.02. The van der Waals surface area contributed by atoms with Crippen molar-refractivity contribution in [1.29, 1.82) is 0 Å². The number of carbonyl (C=O) groups excluding carboxylic acids is 2. The first-order chi connectivity index (χ1) is 17.5. The zero-order valence-electron chi connectivity index (χ0n) is 23.0. The monoisotopic (exact) mass is 500 g/mol. The van der Waals surface area contributed by atoms with E-state index in [1.807, 2.05) is 99.6 Å². The van der Waals surface area contributed by atoms with Gasteiger partial charge in [0.05, 0.1) is 0 Å². The minimum Gasteiger partial charge on any atom is -0.484 e. The lowest BCUT2D eigenvalue weighted by Gasteiger charge is -2.32. The third-order valence-corrected chi connectivity index (χ3v) is 6.22. The van der Waals surface area contributed by atoms with E-state index in [9.17, 15) is 9.59 Å². The number of aryl methyl sites for hydroxylation is 1.